The number of fused-ring (bicyclic) bond motifs is 1. The molecular weight excluding hydrogens is 403 g/mol. The highest BCUT2D eigenvalue weighted by molar-refractivity contribution is 7.18. The maximum atomic E-state index is 14.6. The highest BCUT2D eigenvalue weighted by Crippen LogP contribution is 2.43. The zero-order valence-electron chi connectivity index (χ0n) is 17.1. The average Bonchev–Trinajstić information content (AvgIpc) is 3.25. The number of hydrogen-bond donors (Lipinski definition) is 1. The number of rotatable bonds is 5. The summed E-state index contributed by atoms with van der Waals surface area (Å²) in [5.74, 6) is 0.580. The highest BCUT2D eigenvalue weighted by Gasteiger charge is 2.18. The summed E-state index contributed by atoms with van der Waals surface area (Å²) in [5, 5.41) is 6.69. The van der Waals surface area contributed by atoms with Gasteiger partial charge < -0.3 is 5.32 Å². The van der Waals surface area contributed by atoms with Gasteiger partial charge in [0.15, 0.2) is 0 Å². The zero-order chi connectivity index (χ0) is 21.2. The van der Waals surface area contributed by atoms with Gasteiger partial charge in [-0.1, -0.05) is 78.4 Å². The average molecular weight is 425 g/mol. The van der Waals surface area contributed by atoms with Crippen LogP contribution in [-0.4, -0.2) is 4.98 Å². The van der Waals surface area contributed by atoms with Gasteiger partial charge in [-0.25, -0.2) is 9.37 Å². The molecule has 2 aromatic heterocycles. The summed E-state index contributed by atoms with van der Waals surface area (Å²) >= 11 is 1.63. The fourth-order valence-electron chi connectivity index (χ4n) is 3.78. The number of pyridine rings is 1. The number of aryl methyl sites for hydroxylation is 1. The van der Waals surface area contributed by atoms with E-state index in [0.717, 1.165) is 32.6 Å². The lowest BCUT2D eigenvalue weighted by molar-refractivity contribution is 0.631. The van der Waals surface area contributed by atoms with Gasteiger partial charge in [0.25, 0.3) is 0 Å². The number of aromatic nitrogens is 1. The normalized spacial score (nSPS) is 11.0. The van der Waals surface area contributed by atoms with Gasteiger partial charge in [0.1, 0.15) is 11.6 Å². The van der Waals surface area contributed by atoms with E-state index in [4.69, 9.17) is 4.98 Å². The number of thiophene rings is 1. The van der Waals surface area contributed by atoms with E-state index >= 15 is 0 Å². The molecule has 5 aromatic rings. The number of benzene rings is 3. The second kappa shape index (κ2) is 8.32. The Balaban J connectivity index is 1.67. The summed E-state index contributed by atoms with van der Waals surface area (Å²) in [5.41, 5.74) is 6.04. The Kier molecular flexibility index (Phi) is 5.23. The molecule has 152 valence electrons. The molecule has 4 heteroatoms. The topological polar surface area (TPSA) is 24.9 Å². The van der Waals surface area contributed by atoms with E-state index in [0.29, 0.717) is 12.1 Å². The minimum Gasteiger partial charge on any atom is -0.365 e. The summed E-state index contributed by atoms with van der Waals surface area (Å²) in [6.45, 7) is 2.76. The Morgan fingerprint density at radius 3 is 2.35 bits per heavy atom. The van der Waals surface area contributed by atoms with E-state index in [-0.39, 0.29) is 5.82 Å². The fourth-order valence-corrected chi connectivity index (χ4v) is 4.88. The third kappa shape index (κ3) is 3.82. The molecule has 0 fully saturated rings. The third-order valence-corrected chi connectivity index (χ3v) is 6.44. The molecule has 5 rings (SSSR count). The molecular formula is C27H21FN2S. The van der Waals surface area contributed by atoms with Crippen molar-refractivity contribution in [2.75, 3.05) is 5.32 Å². The lowest BCUT2D eigenvalue weighted by Gasteiger charge is -2.12. The fraction of sp³-hybridized carbons (Fsp3) is 0.0741. The van der Waals surface area contributed by atoms with Crippen LogP contribution in [0.2, 0.25) is 0 Å². The Labute approximate surface area is 185 Å². The SMILES string of the molecule is Cc1ccc(-c2csc3c(-c4ccccc4F)cnc(NCc4ccccc4)c23)cc1. The van der Waals surface area contributed by atoms with Crippen LogP contribution in [0.5, 0.6) is 0 Å². The molecule has 0 saturated carbocycles. The molecule has 0 unspecified atom stereocenters. The van der Waals surface area contributed by atoms with E-state index in [1.165, 1.54) is 17.2 Å². The molecule has 0 bridgehead atoms. The lowest BCUT2D eigenvalue weighted by Crippen LogP contribution is -2.02. The van der Waals surface area contributed by atoms with Gasteiger partial charge in [0.2, 0.25) is 0 Å². The van der Waals surface area contributed by atoms with Crippen LogP contribution in [0.15, 0.2) is 90.4 Å². The minimum absolute atomic E-state index is 0.235. The first-order valence-corrected chi connectivity index (χ1v) is 11.1. The summed E-state index contributed by atoms with van der Waals surface area (Å²) < 4.78 is 15.6. The van der Waals surface area contributed by atoms with Crippen molar-refractivity contribution in [1.29, 1.82) is 0 Å². The maximum Gasteiger partial charge on any atom is 0.135 e. The van der Waals surface area contributed by atoms with E-state index in [2.05, 4.69) is 54.0 Å². The largest absolute Gasteiger partial charge is 0.365 e. The first-order valence-electron chi connectivity index (χ1n) is 10.2. The van der Waals surface area contributed by atoms with Crippen molar-refractivity contribution in [2.45, 2.75) is 13.5 Å². The number of hydrogen-bond acceptors (Lipinski definition) is 3. The molecule has 3 aromatic carbocycles. The van der Waals surface area contributed by atoms with Crippen LogP contribution in [0.25, 0.3) is 32.3 Å². The van der Waals surface area contributed by atoms with Crippen LogP contribution < -0.4 is 5.32 Å². The monoisotopic (exact) mass is 424 g/mol. The van der Waals surface area contributed by atoms with Gasteiger partial charge >= 0.3 is 0 Å². The van der Waals surface area contributed by atoms with Crippen molar-refractivity contribution < 1.29 is 4.39 Å². The summed E-state index contributed by atoms with van der Waals surface area (Å²) in [7, 11) is 0. The summed E-state index contributed by atoms with van der Waals surface area (Å²) in [4.78, 5) is 4.74. The van der Waals surface area contributed by atoms with Crippen LogP contribution in [-0.2, 0) is 6.54 Å². The van der Waals surface area contributed by atoms with E-state index in [1.807, 2.05) is 30.3 Å². The Morgan fingerprint density at radius 2 is 1.58 bits per heavy atom. The summed E-state index contributed by atoms with van der Waals surface area (Å²) in [6.07, 6.45) is 1.78. The molecule has 1 N–H and O–H groups in total. The van der Waals surface area contributed by atoms with Gasteiger partial charge in [-0.2, -0.15) is 0 Å². The predicted molar refractivity (Wildman–Crippen MR) is 129 cm³/mol. The molecule has 0 spiro atoms. The number of nitrogens with zero attached hydrogens (tertiary/aromatic N) is 1. The van der Waals surface area contributed by atoms with E-state index in [1.54, 1.807) is 23.6 Å². The summed E-state index contributed by atoms with van der Waals surface area (Å²) in [6, 6.07) is 25.6. The second-order valence-corrected chi connectivity index (χ2v) is 8.44. The maximum absolute atomic E-state index is 14.6. The molecule has 2 heterocycles. The van der Waals surface area contributed by atoms with Crippen molar-refractivity contribution in [3.8, 4) is 22.3 Å². The molecule has 0 atom stereocenters. The molecule has 0 radical (unpaired) electrons. The predicted octanol–water partition coefficient (Wildman–Crippen LogP) is 7.69. The van der Waals surface area contributed by atoms with Gasteiger partial charge in [0, 0.05) is 39.5 Å². The van der Waals surface area contributed by atoms with Crippen LogP contribution in [0, 0.1) is 12.7 Å². The molecule has 0 aliphatic carbocycles. The third-order valence-electron chi connectivity index (χ3n) is 5.42. The van der Waals surface area contributed by atoms with Gasteiger partial charge in [-0.3, -0.25) is 0 Å². The lowest BCUT2D eigenvalue weighted by atomic mass is 10.0. The van der Waals surface area contributed by atoms with Crippen LogP contribution in [0.3, 0.4) is 0 Å². The number of anilines is 1. The quantitative estimate of drug-likeness (QED) is 0.313. The number of nitrogens with one attached hydrogen (secondary N) is 1. The van der Waals surface area contributed by atoms with Crippen molar-refractivity contribution in [3.05, 3.63) is 107 Å². The molecule has 0 saturated heterocycles. The van der Waals surface area contributed by atoms with Crippen LogP contribution in [0.1, 0.15) is 11.1 Å². The van der Waals surface area contributed by atoms with E-state index in [9.17, 15) is 4.39 Å². The standard InChI is InChI=1S/C27H21FN2S/c1-18-11-13-20(14-12-18)23-17-31-26-22(21-9-5-6-10-24(21)28)16-30-27(25(23)26)29-15-19-7-3-2-4-8-19/h2-14,16-17H,15H2,1H3,(H,29,30). The van der Waals surface area contributed by atoms with Crippen molar-refractivity contribution in [2.24, 2.45) is 0 Å². The Hall–Kier alpha value is -3.50. The van der Waals surface area contributed by atoms with Crippen molar-refractivity contribution in [3.63, 3.8) is 0 Å². The molecule has 2 nitrogen and oxygen atoms in total. The first-order chi connectivity index (χ1) is 15.2. The smallest absolute Gasteiger partial charge is 0.135 e. The first kappa shape index (κ1) is 19.5. The van der Waals surface area contributed by atoms with Crippen LogP contribution in [0.4, 0.5) is 10.2 Å². The minimum atomic E-state index is -0.235. The van der Waals surface area contributed by atoms with E-state index < -0.39 is 0 Å². The zero-order valence-corrected chi connectivity index (χ0v) is 17.9. The Bertz CT molecular complexity index is 1340. The molecule has 0 aliphatic rings. The van der Waals surface area contributed by atoms with Crippen molar-refractivity contribution in [1.82, 2.24) is 4.98 Å². The van der Waals surface area contributed by atoms with Gasteiger partial charge in [0.05, 0.1) is 0 Å². The Morgan fingerprint density at radius 1 is 0.839 bits per heavy atom. The second-order valence-electron chi connectivity index (χ2n) is 7.56. The highest BCUT2D eigenvalue weighted by atomic mass is 32.1. The van der Waals surface area contributed by atoms with Crippen molar-refractivity contribution >= 4 is 27.2 Å². The van der Waals surface area contributed by atoms with Gasteiger partial charge in [-0.05, 0) is 29.5 Å². The van der Waals surface area contributed by atoms with Crippen LogP contribution >= 0.6 is 11.3 Å². The molecule has 0 aliphatic heterocycles. The molecule has 0 amide bonds. The number of halogens is 1. The van der Waals surface area contributed by atoms with Gasteiger partial charge in [-0.15, -0.1) is 11.3 Å². The molecule has 31 heavy (non-hydrogen) atoms.